The van der Waals surface area contributed by atoms with Crippen molar-refractivity contribution in [3.05, 3.63) is 35.9 Å². The zero-order valence-electron chi connectivity index (χ0n) is 14.8. The number of rotatable bonds is 6. The molecule has 0 aromatic heterocycles. The van der Waals surface area contributed by atoms with E-state index in [1.165, 1.54) is 0 Å². The molecule has 2 atom stereocenters. The Morgan fingerprint density at radius 2 is 2.00 bits per heavy atom. The van der Waals surface area contributed by atoms with Gasteiger partial charge in [-0.15, -0.1) is 0 Å². The number of carbonyl (C=O) groups excluding carboxylic acids is 2. The average molecular weight is 349 g/mol. The number of nitrogens with zero attached hydrogens (tertiary/aromatic N) is 1. The summed E-state index contributed by atoms with van der Waals surface area (Å²) in [7, 11) is 0. The van der Waals surface area contributed by atoms with Crippen LogP contribution in [-0.2, 0) is 9.59 Å². The number of benzene rings is 1. The predicted octanol–water partition coefficient (Wildman–Crippen LogP) is 2.90. The van der Waals surface area contributed by atoms with E-state index in [2.05, 4.69) is 5.32 Å². The third-order valence-electron chi connectivity index (χ3n) is 4.44. The van der Waals surface area contributed by atoms with E-state index in [9.17, 15) is 9.59 Å². The van der Waals surface area contributed by atoms with Crippen LogP contribution in [0.5, 0.6) is 0 Å². The van der Waals surface area contributed by atoms with Gasteiger partial charge in [-0.25, -0.2) is 0 Å². The normalized spacial score (nSPS) is 19.2. The number of piperidine rings is 1. The number of carbonyl (C=O) groups is 2. The van der Waals surface area contributed by atoms with Crippen LogP contribution >= 0.6 is 11.8 Å². The summed E-state index contributed by atoms with van der Waals surface area (Å²) >= 11 is 1.70. The molecule has 1 aromatic rings. The Kier molecular flexibility index (Phi) is 7.16. The second-order valence-electron chi connectivity index (χ2n) is 6.71. The fourth-order valence-corrected chi connectivity index (χ4v) is 3.71. The molecular weight excluding hydrogens is 320 g/mol. The van der Waals surface area contributed by atoms with Crippen molar-refractivity contribution in [2.24, 2.45) is 5.92 Å². The molecule has 1 fully saturated rings. The van der Waals surface area contributed by atoms with E-state index in [0.29, 0.717) is 6.54 Å². The van der Waals surface area contributed by atoms with E-state index in [4.69, 9.17) is 0 Å². The summed E-state index contributed by atoms with van der Waals surface area (Å²) in [6, 6.07) is 10.1. The fraction of sp³-hybridized carbons (Fsp3) is 0.579. The van der Waals surface area contributed by atoms with Gasteiger partial charge in [0.2, 0.25) is 11.8 Å². The molecule has 1 aliphatic rings. The Bertz CT molecular complexity index is 548. The maximum atomic E-state index is 13.1. The van der Waals surface area contributed by atoms with Crippen LogP contribution in [0.3, 0.4) is 0 Å². The van der Waals surface area contributed by atoms with Gasteiger partial charge in [0.15, 0.2) is 0 Å². The molecule has 5 heteroatoms. The first kappa shape index (κ1) is 18.8. The fourth-order valence-electron chi connectivity index (χ4n) is 3.05. The Morgan fingerprint density at radius 3 is 2.62 bits per heavy atom. The van der Waals surface area contributed by atoms with E-state index in [1.807, 2.05) is 55.3 Å². The van der Waals surface area contributed by atoms with Crippen LogP contribution in [0.2, 0.25) is 0 Å². The lowest BCUT2D eigenvalue weighted by Gasteiger charge is -2.35. The Labute approximate surface area is 149 Å². The van der Waals surface area contributed by atoms with Gasteiger partial charge in [-0.3, -0.25) is 9.59 Å². The molecule has 0 unspecified atom stereocenters. The van der Waals surface area contributed by atoms with E-state index in [-0.39, 0.29) is 29.7 Å². The van der Waals surface area contributed by atoms with Crippen LogP contribution in [0.25, 0.3) is 0 Å². The van der Waals surface area contributed by atoms with Crippen molar-refractivity contribution >= 4 is 23.6 Å². The summed E-state index contributed by atoms with van der Waals surface area (Å²) in [5.41, 5.74) is 1.07. The number of amides is 2. The van der Waals surface area contributed by atoms with E-state index in [1.54, 1.807) is 11.8 Å². The minimum absolute atomic E-state index is 0.0235. The topological polar surface area (TPSA) is 49.4 Å². The van der Waals surface area contributed by atoms with Gasteiger partial charge in [-0.2, -0.15) is 11.8 Å². The molecule has 132 valence electrons. The first-order valence-electron chi connectivity index (χ1n) is 8.66. The summed E-state index contributed by atoms with van der Waals surface area (Å²) in [6.07, 6.45) is 3.92. The lowest BCUT2D eigenvalue weighted by molar-refractivity contribution is -0.135. The molecule has 0 radical (unpaired) electrons. The van der Waals surface area contributed by atoms with Gasteiger partial charge < -0.3 is 10.2 Å². The molecule has 0 aliphatic carbocycles. The Hall–Kier alpha value is -1.49. The summed E-state index contributed by atoms with van der Waals surface area (Å²) < 4.78 is 0. The van der Waals surface area contributed by atoms with Crippen molar-refractivity contribution in [2.75, 3.05) is 25.1 Å². The summed E-state index contributed by atoms with van der Waals surface area (Å²) in [6.45, 7) is 5.19. The van der Waals surface area contributed by atoms with Crippen molar-refractivity contribution < 1.29 is 9.59 Å². The number of hydrogen-bond donors (Lipinski definition) is 1. The molecule has 0 spiro atoms. The lowest BCUT2D eigenvalue weighted by atomic mass is 9.97. The molecule has 2 amide bonds. The molecule has 1 heterocycles. The van der Waals surface area contributed by atoms with Gasteiger partial charge in [0.25, 0.3) is 0 Å². The largest absolute Gasteiger partial charge is 0.351 e. The van der Waals surface area contributed by atoms with Gasteiger partial charge in [0.05, 0.1) is 5.92 Å². The van der Waals surface area contributed by atoms with Crippen LogP contribution < -0.4 is 5.32 Å². The van der Waals surface area contributed by atoms with Gasteiger partial charge in [0, 0.05) is 30.8 Å². The molecule has 4 nitrogen and oxygen atoms in total. The molecule has 1 saturated heterocycles. The van der Waals surface area contributed by atoms with E-state index < -0.39 is 0 Å². The highest BCUT2D eigenvalue weighted by Gasteiger charge is 2.30. The molecule has 2 rings (SSSR count). The van der Waals surface area contributed by atoms with Crippen molar-refractivity contribution in [3.63, 3.8) is 0 Å². The van der Waals surface area contributed by atoms with Crippen LogP contribution in [-0.4, -0.2) is 47.9 Å². The van der Waals surface area contributed by atoms with E-state index in [0.717, 1.165) is 30.7 Å². The van der Waals surface area contributed by atoms with Gasteiger partial charge in [-0.05, 0) is 24.7 Å². The van der Waals surface area contributed by atoms with Crippen LogP contribution in [0, 0.1) is 5.92 Å². The highest BCUT2D eigenvalue weighted by molar-refractivity contribution is 7.98. The quantitative estimate of drug-likeness (QED) is 0.860. The van der Waals surface area contributed by atoms with Crippen molar-refractivity contribution in [1.29, 1.82) is 0 Å². The highest BCUT2D eigenvalue weighted by Crippen LogP contribution is 2.24. The van der Waals surface area contributed by atoms with Crippen molar-refractivity contribution in [1.82, 2.24) is 10.2 Å². The van der Waals surface area contributed by atoms with Crippen LogP contribution in [0.1, 0.15) is 38.2 Å². The second kappa shape index (κ2) is 9.11. The number of likely N-dealkylation sites (tertiary alicyclic amines) is 1. The summed E-state index contributed by atoms with van der Waals surface area (Å²) in [5, 5.41) is 3.08. The Morgan fingerprint density at radius 1 is 1.29 bits per heavy atom. The molecule has 1 aromatic carbocycles. The minimum Gasteiger partial charge on any atom is -0.351 e. The maximum Gasteiger partial charge on any atom is 0.231 e. The van der Waals surface area contributed by atoms with Gasteiger partial charge in [0.1, 0.15) is 0 Å². The molecule has 1 aliphatic heterocycles. The summed E-state index contributed by atoms with van der Waals surface area (Å²) in [4.78, 5) is 26.9. The van der Waals surface area contributed by atoms with Crippen LogP contribution in [0.4, 0.5) is 0 Å². The highest BCUT2D eigenvalue weighted by atomic mass is 32.2. The van der Waals surface area contributed by atoms with E-state index >= 15 is 0 Å². The number of hydrogen-bond acceptors (Lipinski definition) is 3. The molecular formula is C19H28N2O2S. The monoisotopic (exact) mass is 348 g/mol. The van der Waals surface area contributed by atoms with Gasteiger partial charge in [-0.1, -0.05) is 44.2 Å². The first-order valence-corrected chi connectivity index (χ1v) is 10.0. The number of nitrogens with one attached hydrogen (secondary N) is 1. The second-order valence-corrected chi connectivity index (χ2v) is 7.62. The Balaban J connectivity index is 2.05. The average Bonchev–Trinajstić information content (AvgIpc) is 2.60. The molecule has 1 N–H and O–H groups in total. The summed E-state index contributed by atoms with van der Waals surface area (Å²) in [5.74, 6) is 0.894. The first-order chi connectivity index (χ1) is 11.5. The SMILES string of the molecule is CSC[C@@H](C(=O)N1CCC[C@@H](NC(=O)C(C)C)C1)c1ccccc1. The molecule has 0 bridgehead atoms. The molecule has 24 heavy (non-hydrogen) atoms. The third-order valence-corrected chi connectivity index (χ3v) is 5.10. The van der Waals surface area contributed by atoms with Crippen molar-refractivity contribution in [2.45, 2.75) is 38.6 Å². The third kappa shape index (κ3) is 5.00. The van der Waals surface area contributed by atoms with Crippen molar-refractivity contribution in [3.8, 4) is 0 Å². The zero-order valence-corrected chi connectivity index (χ0v) is 15.6. The molecule has 0 saturated carbocycles. The predicted molar refractivity (Wildman–Crippen MR) is 100 cm³/mol. The number of thioether (sulfide) groups is 1. The minimum atomic E-state index is -0.110. The lowest BCUT2D eigenvalue weighted by Crippen LogP contribution is -2.51. The van der Waals surface area contributed by atoms with Crippen LogP contribution in [0.15, 0.2) is 30.3 Å². The maximum absolute atomic E-state index is 13.1. The zero-order chi connectivity index (χ0) is 17.5. The van der Waals surface area contributed by atoms with Gasteiger partial charge >= 0.3 is 0 Å². The smallest absolute Gasteiger partial charge is 0.231 e. The standard InChI is InChI=1S/C19H28N2O2S/c1-14(2)18(22)20-16-10-7-11-21(12-16)19(23)17(13-24-3)15-8-5-4-6-9-15/h4-6,8-9,14,16-17H,7,10-13H2,1-3H3,(H,20,22)/t16-,17-/m1/s1.